The Morgan fingerprint density at radius 2 is 1.29 bits per heavy atom. The van der Waals surface area contributed by atoms with Gasteiger partial charge in [-0.2, -0.15) is 0 Å². The Morgan fingerprint density at radius 1 is 0.893 bits per heavy atom. The molecule has 0 atom stereocenters. The van der Waals surface area contributed by atoms with E-state index in [1.54, 1.807) is 52.0 Å². The van der Waals surface area contributed by atoms with E-state index < -0.39 is 25.0 Å². The van der Waals surface area contributed by atoms with Gasteiger partial charge >= 0.3 is 15.2 Å². The van der Waals surface area contributed by atoms with Gasteiger partial charge in [0.25, 0.3) is 5.52 Å². The summed E-state index contributed by atoms with van der Waals surface area (Å²) in [5.41, 5.74) is -1.04. The number of hydrogen-bond donors (Lipinski definition) is 0. The molecule has 0 radical (unpaired) electrons. The van der Waals surface area contributed by atoms with E-state index in [0.717, 1.165) is 6.21 Å². The normalized spacial score (nSPS) is 13.5. The van der Waals surface area contributed by atoms with E-state index in [9.17, 15) is 9.13 Å². The molecule has 0 unspecified atom stereocenters. The van der Waals surface area contributed by atoms with Crippen LogP contribution in [-0.4, -0.2) is 38.2 Å². The predicted molar refractivity (Wildman–Crippen MR) is 114 cm³/mol. The molecule has 28 heavy (non-hydrogen) atoms. The van der Waals surface area contributed by atoms with Crippen LogP contribution < -0.4 is 0 Å². The monoisotopic (exact) mass is 473 g/mol. The zero-order chi connectivity index (χ0) is 21.3. The molecular formula is C17H27Cl2NO6P2. The Hall–Kier alpha value is -0.230. The van der Waals surface area contributed by atoms with Crippen LogP contribution in [-0.2, 0) is 31.6 Å². The van der Waals surface area contributed by atoms with Gasteiger partial charge in [-0.05, 0) is 33.3 Å². The molecule has 0 heterocycles. The van der Waals surface area contributed by atoms with E-state index in [1.807, 2.05) is 6.07 Å². The van der Waals surface area contributed by atoms with Crippen molar-refractivity contribution in [3.8, 4) is 0 Å². The summed E-state index contributed by atoms with van der Waals surface area (Å²) < 4.78 is 46.6. The minimum atomic E-state index is -4.02. The number of rotatable bonds is 13. The van der Waals surface area contributed by atoms with Crippen LogP contribution in [0.2, 0.25) is 0 Å². The van der Waals surface area contributed by atoms with Crippen molar-refractivity contribution in [2.24, 2.45) is 4.99 Å². The van der Waals surface area contributed by atoms with Gasteiger partial charge in [0.15, 0.2) is 4.33 Å². The summed E-state index contributed by atoms with van der Waals surface area (Å²) in [6.45, 7) is 6.73. The molecule has 0 aromatic heterocycles. The smallest absolute Gasteiger partial charge is 0.307 e. The summed E-state index contributed by atoms with van der Waals surface area (Å²) >= 11 is 12.8. The number of hydrogen-bond acceptors (Lipinski definition) is 7. The van der Waals surface area contributed by atoms with Gasteiger partial charge in [0.05, 0.1) is 26.4 Å². The predicted octanol–water partition coefficient (Wildman–Crippen LogP) is 6.20. The second-order valence-corrected chi connectivity index (χ2v) is 11.3. The number of aliphatic imine (C=N–C) groups is 1. The molecule has 0 saturated heterocycles. The van der Waals surface area contributed by atoms with E-state index >= 15 is 0 Å². The van der Waals surface area contributed by atoms with Crippen LogP contribution in [0.1, 0.15) is 33.3 Å². The molecule has 11 heteroatoms. The molecule has 1 aromatic rings. The van der Waals surface area contributed by atoms with Gasteiger partial charge in [-0.1, -0.05) is 53.5 Å². The maximum Gasteiger partial charge on any atom is 0.367 e. The Bertz CT molecular complexity index is 667. The first-order chi connectivity index (χ1) is 13.2. The van der Waals surface area contributed by atoms with Gasteiger partial charge in [-0.25, -0.2) is 0 Å². The van der Waals surface area contributed by atoms with E-state index in [0.29, 0.717) is 5.56 Å². The lowest BCUT2D eigenvalue weighted by molar-refractivity contribution is 0.196. The highest BCUT2D eigenvalue weighted by Gasteiger charge is 2.51. The molecule has 0 fully saturated rings. The Balaban J connectivity index is 3.45. The lowest BCUT2D eigenvalue weighted by Crippen LogP contribution is -2.19. The summed E-state index contributed by atoms with van der Waals surface area (Å²) in [7, 11) is -8.03. The van der Waals surface area contributed by atoms with Crippen molar-refractivity contribution >= 4 is 44.6 Å². The summed E-state index contributed by atoms with van der Waals surface area (Å²) in [5, 5.41) is 0. The fraction of sp³-hybridized carbons (Fsp3) is 0.588. The highest BCUT2D eigenvalue weighted by atomic mass is 35.5. The van der Waals surface area contributed by atoms with Crippen LogP contribution in [0.4, 0.5) is 0 Å². The van der Waals surface area contributed by atoms with Crippen LogP contribution in [0, 0.1) is 0 Å². The second-order valence-electron chi connectivity index (χ2n) is 5.36. The molecule has 160 valence electrons. The second kappa shape index (κ2) is 11.8. The maximum atomic E-state index is 13.4. The molecule has 0 N–H and O–H groups in total. The lowest BCUT2D eigenvalue weighted by atomic mass is 10.1. The van der Waals surface area contributed by atoms with Crippen LogP contribution in [0.15, 0.2) is 35.3 Å². The van der Waals surface area contributed by atoms with Crippen LogP contribution >= 0.6 is 38.4 Å². The lowest BCUT2D eigenvalue weighted by Gasteiger charge is -2.29. The van der Waals surface area contributed by atoms with E-state index in [1.165, 1.54) is 0 Å². The van der Waals surface area contributed by atoms with Gasteiger partial charge < -0.3 is 18.1 Å². The highest BCUT2D eigenvalue weighted by Crippen LogP contribution is 2.70. The molecule has 0 aliphatic heterocycles. The average molecular weight is 474 g/mol. The molecule has 0 saturated carbocycles. The summed E-state index contributed by atoms with van der Waals surface area (Å²) in [4.78, 5) is 4.18. The molecule has 0 amide bonds. The van der Waals surface area contributed by atoms with Gasteiger partial charge in [-0.3, -0.25) is 14.1 Å². The third kappa shape index (κ3) is 6.93. The van der Waals surface area contributed by atoms with E-state index in [-0.39, 0.29) is 26.4 Å². The minimum Gasteiger partial charge on any atom is -0.307 e. The van der Waals surface area contributed by atoms with Crippen molar-refractivity contribution in [3.63, 3.8) is 0 Å². The zero-order valence-electron chi connectivity index (χ0n) is 16.4. The molecule has 0 aliphatic carbocycles. The van der Waals surface area contributed by atoms with Gasteiger partial charge in [-0.15, -0.1) is 0 Å². The van der Waals surface area contributed by atoms with Crippen LogP contribution in [0.5, 0.6) is 0 Å². The van der Waals surface area contributed by atoms with Gasteiger partial charge in [0.1, 0.15) is 0 Å². The van der Waals surface area contributed by atoms with Crippen molar-refractivity contribution in [2.75, 3.05) is 26.4 Å². The number of benzene rings is 1. The van der Waals surface area contributed by atoms with Crippen molar-refractivity contribution in [1.82, 2.24) is 0 Å². The first-order valence-corrected chi connectivity index (χ1v) is 12.9. The fourth-order valence-corrected chi connectivity index (χ4v) is 7.42. The van der Waals surface area contributed by atoms with Crippen LogP contribution in [0.25, 0.3) is 0 Å². The van der Waals surface area contributed by atoms with Crippen LogP contribution in [0.3, 0.4) is 0 Å². The number of alkyl halides is 2. The highest BCUT2D eigenvalue weighted by molar-refractivity contribution is 7.72. The summed E-state index contributed by atoms with van der Waals surface area (Å²) in [6.07, 6.45) is 1.14. The number of nitrogens with zero attached hydrogens (tertiary/aromatic N) is 1. The molecule has 0 spiro atoms. The molecule has 0 bridgehead atoms. The fourth-order valence-electron chi connectivity index (χ4n) is 2.29. The van der Waals surface area contributed by atoms with E-state index in [2.05, 4.69) is 4.99 Å². The first-order valence-electron chi connectivity index (χ1n) is 8.94. The maximum absolute atomic E-state index is 13.4. The first kappa shape index (κ1) is 25.8. The molecular weight excluding hydrogens is 447 g/mol. The van der Waals surface area contributed by atoms with Crippen molar-refractivity contribution in [1.29, 1.82) is 0 Å². The summed E-state index contributed by atoms with van der Waals surface area (Å²) in [6, 6.07) is 8.74. The molecule has 1 rings (SSSR count). The topological polar surface area (TPSA) is 83.4 Å². The third-order valence-corrected chi connectivity index (χ3v) is 9.53. The summed E-state index contributed by atoms with van der Waals surface area (Å²) in [5.74, 6) is 0. The molecule has 0 aliphatic rings. The average Bonchev–Trinajstić information content (AvgIpc) is 2.63. The molecule has 7 nitrogen and oxygen atoms in total. The Labute approximate surface area is 176 Å². The van der Waals surface area contributed by atoms with E-state index in [4.69, 9.17) is 41.3 Å². The Kier molecular flexibility index (Phi) is 10.9. The van der Waals surface area contributed by atoms with Crippen molar-refractivity contribution in [3.05, 3.63) is 35.9 Å². The Morgan fingerprint density at radius 3 is 1.64 bits per heavy atom. The zero-order valence-corrected chi connectivity index (χ0v) is 19.7. The van der Waals surface area contributed by atoms with Gasteiger partial charge in [0.2, 0.25) is 0 Å². The molecule has 1 aromatic carbocycles. The largest absolute Gasteiger partial charge is 0.367 e. The van der Waals surface area contributed by atoms with Crippen molar-refractivity contribution < 1.29 is 27.2 Å². The standard InChI is InChI=1S/C17H27Cl2NO6P2/c1-5-23-27(21,24-6-2)16(28(22,25-7-3)26-8-4)20-14-17(18,19)15-12-10-9-11-13-15/h9-14,16H,5-8H2,1-4H3/b20-14+. The minimum absolute atomic E-state index is 0.0487. The van der Waals surface area contributed by atoms with Crippen molar-refractivity contribution in [2.45, 2.75) is 37.6 Å². The SMILES string of the molecule is CCOP(=O)(OCC)C(/N=C/C(Cl)(Cl)c1ccccc1)P(=O)(OCC)OCC. The number of halogens is 2. The van der Waals surface area contributed by atoms with Gasteiger partial charge in [0, 0.05) is 6.21 Å². The quantitative estimate of drug-likeness (QED) is 0.192. The third-order valence-electron chi connectivity index (χ3n) is 3.33.